The number of nitrogens with one attached hydrogen (secondary N) is 1. The molecule has 3 atom stereocenters. The van der Waals surface area contributed by atoms with Crippen LogP contribution in [0.2, 0.25) is 0 Å². The van der Waals surface area contributed by atoms with Crippen LogP contribution in [-0.4, -0.2) is 27.2 Å². The summed E-state index contributed by atoms with van der Waals surface area (Å²) in [5.74, 6) is 2.23. The maximum absolute atomic E-state index is 5.88. The summed E-state index contributed by atoms with van der Waals surface area (Å²) in [5.41, 5.74) is 5.90. The molecule has 1 heterocycles. The first-order chi connectivity index (χ1) is 7.73. The van der Waals surface area contributed by atoms with Crippen LogP contribution in [0.25, 0.3) is 0 Å². The molecule has 1 aliphatic rings. The fraction of sp³-hybridized carbons (Fsp3) is 0.909. The van der Waals surface area contributed by atoms with E-state index >= 15 is 0 Å². The largest absolute Gasteiger partial charge is 0.329 e. The Morgan fingerprint density at radius 3 is 3.00 bits per heavy atom. The summed E-state index contributed by atoms with van der Waals surface area (Å²) in [4.78, 5) is 0. The van der Waals surface area contributed by atoms with Gasteiger partial charge in [-0.3, -0.25) is 0 Å². The molecule has 3 N–H and O–H groups in total. The molecule has 5 heteroatoms. The van der Waals surface area contributed by atoms with E-state index in [1.807, 2.05) is 0 Å². The highest BCUT2D eigenvalue weighted by Crippen LogP contribution is 2.55. The van der Waals surface area contributed by atoms with Crippen molar-refractivity contribution in [2.75, 3.05) is 6.54 Å². The number of aromatic nitrogens is 4. The van der Waals surface area contributed by atoms with Crippen molar-refractivity contribution in [3.63, 3.8) is 0 Å². The van der Waals surface area contributed by atoms with Crippen molar-refractivity contribution in [1.82, 2.24) is 20.6 Å². The molecule has 16 heavy (non-hydrogen) atoms. The van der Waals surface area contributed by atoms with Gasteiger partial charge in [-0.05, 0) is 24.7 Å². The number of H-pyrrole nitrogens is 1. The molecule has 1 aromatic heterocycles. The lowest BCUT2D eigenvalue weighted by atomic mass is 9.94. The van der Waals surface area contributed by atoms with Gasteiger partial charge >= 0.3 is 0 Å². The molecule has 1 aliphatic carbocycles. The molecule has 2 rings (SSSR count). The Balaban J connectivity index is 1.96. The Morgan fingerprint density at radius 1 is 1.62 bits per heavy atom. The monoisotopic (exact) mass is 223 g/mol. The van der Waals surface area contributed by atoms with Crippen LogP contribution in [0.3, 0.4) is 0 Å². The third kappa shape index (κ3) is 1.96. The fourth-order valence-electron chi connectivity index (χ4n) is 2.77. The summed E-state index contributed by atoms with van der Waals surface area (Å²) < 4.78 is 0. The molecule has 0 spiro atoms. The van der Waals surface area contributed by atoms with E-state index in [4.69, 9.17) is 5.73 Å². The van der Waals surface area contributed by atoms with Gasteiger partial charge in [0, 0.05) is 12.0 Å². The molecular formula is C11H21N5. The first-order valence-corrected chi connectivity index (χ1v) is 6.17. The molecule has 3 unspecified atom stereocenters. The van der Waals surface area contributed by atoms with E-state index in [1.54, 1.807) is 0 Å². The minimum absolute atomic E-state index is 0.0228. The smallest absolute Gasteiger partial charge is 0.182 e. The normalized spacial score (nSPS) is 30.3. The summed E-state index contributed by atoms with van der Waals surface area (Å²) in [6.45, 7) is 5.19. The van der Waals surface area contributed by atoms with Gasteiger partial charge in [0.15, 0.2) is 5.82 Å². The average molecular weight is 223 g/mol. The van der Waals surface area contributed by atoms with Crippen molar-refractivity contribution in [2.45, 2.75) is 44.9 Å². The number of hydrogen-bond donors (Lipinski definition) is 2. The molecule has 5 nitrogen and oxygen atoms in total. The topological polar surface area (TPSA) is 80.5 Å². The maximum atomic E-state index is 5.88. The predicted octanol–water partition coefficient (Wildman–Crippen LogP) is 1.24. The Labute approximate surface area is 96.2 Å². The number of tetrazole rings is 1. The van der Waals surface area contributed by atoms with E-state index in [9.17, 15) is 0 Å². The molecule has 1 saturated carbocycles. The SMILES string of the molecule is CCCC(C)CC1CC1(CN)c1nn[nH]n1. The molecule has 1 fully saturated rings. The summed E-state index contributed by atoms with van der Waals surface area (Å²) in [5, 5.41) is 14.4. The average Bonchev–Trinajstić information content (AvgIpc) is 2.74. The minimum Gasteiger partial charge on any atom is -0.329 e. The second kappa shape index (κ2) is 4.49. The van der Waals surface area contributed by atoms with Crippen LogP contribution >= 0.6 is 0 Å². The zero-order valence-electron chi connectivity index (χ0n) is 10.1. The van der Waals surface area contributed by atoms with E-state index < -0.39 is 0 Å². The van der Waals surface area contributed by atoms with E-state index in [1.165, 1.54) is 19.3 Å². The van der Waals surface area contributed by atoms with Crippen LogP contribution < -0.4 is 5.73 Å². The highest BCUT2D eigenvalue weighted by molar-refractivity contribution is 5.21. The fourth-order valence-corrected chi connectivity index (χ4v) is 2.77. The molecule has 0 amide bonds. The third-order valence-electron chi connectivity index (χ3n) is 3.86. The van der Waals surface area contributed by atoms with Crippen LogP contribution in [0.1, 0.15) is 45.4 Å². The second-order valence-electron chi connectivity index (χ2n) is 5.13. The summed E-state index contributed by atoms with van der Waals surface area (Å²) in [6, 6.07) is 0. The van der Waals surface area contributed by atoms with Crippen molar-refractivity contribution in [1.29, 1.82) is 0 Å². The highest BCUT2D eigenvalue weighted by Gasteiger charge is 2.57. The van der Waals surface area contributed by atoms with E-state index in [2.05, 4.69) is 34.5 Å². The lowest BCUT2D eigenvalue weighted by Gasteiger charge is -2.13. The second-order valence-corrected chi connectivity index (χ2v) is 5.13. The molecule has 0 saturated heterocycles. The van der Waals surface area contributed by atoms with Crippen molar-refractivity contribution in [2.24, 2.45) is 17.6 Å². The van der Waals surface area contributed by atoms with Crippen molar-refractivity contribution in [3.8, 4) is 0 Å². The van der Waals surface area contributed by atoms with Gasteiger partial charge in [-0.15, -0.1) is 10.2 Å². The number of nitrogens with two attached hydrogens (primary N) is 1. The van der Waals surface area contributed by atoms with Gasteiger partial charge in [-0.2, -0.15) is 5.21 Å². The predicted molar refractivity (Wildman–Crippen MR) is 61.7 cm³/mol. The summed E-state index contributed by atoms with van der Waals surface area (Å²) in [7, 11) is 0. The first-order valence-electron chi connectivity index (χ1n) is 6.17. The molecule has 0 aromatic carbocycles. The van der Waals surface area contributed by atoms with Crippen LogP contribution in [0.15, 0.2) is 0 Å². The summed E-state index contributed by atoms with van der Waals surface area (Å²) >= 11 is 0. The Kier molecular flexibility index (Phi) is 3.23. The Bertz CT molecular complexity index is 323. The molecule has 0 bridgehead atoms. The lowest BCUT2D eigenvalue weighted by molar-refractivity contribution is 0.424. The third-order valence-corrected chi connectivity index (χ3v) is 3.86. The zero-order valence-corrected chi connectivity index (χ0v) is 10.1. The van der Waals surface area contributed by atoms with Crippen molar-refractivity contribution < 1.29 is 0 Å². The van der Waals surface area contributed by atoms with Crippen molar-refractivity contribution >= 4 is 0 Å². The van der Waals surface area contributed by atoms with Gasteiger partial charge in [0.05, 0.1) is 0 Å². The first kappa shape index (κ1) is 11.5. The molecule has 90 valence electrons. The standard InChI is InChI=1S/C11H21N5/c1-3-4-8(2)5-9-6-11(9,7-12)10-13-15-16-14-10/h8-9H,3-7,12H2,1-2H3,(H,13,14,15,16). The number of nitrogens with zero attached hydrogens (tertiary/aromatic N) is 3. The maximum Gasteiger partial charge on any atom is 0.182 e. The van der Waals surface area contributed by atoms with E-state index in [-0.39, 0.29) is 5.41 Å². The molecule has 0 radical (unpaired) electrons. The zero-order chi connectivity index (χ0) is 11.6. The van der Waals surface area contributed by atoms with Gasteiger partial charge < -0.3 is 5.73 Å². The van der Waals surface area contributed by atoms with Crippen molar-refractivity contribution in [3.05, 3.63) is 5.82 Å². The van der Waals surface area contributed by atoms with Crippen LogP contribution in [0.4, 0.5) is 0 Å². The van der Waals surface area contributed by atoms with Gasteiger partial charge in [0.2, 0.25) is 0 Å². The quantitative estimate of drug-likeness (QED) is 0.760. The Hall–Kier alpha value is -0.970. The van der Waals surface area contributed by atoms with Crippen LogP contribution in [0, 0.1) is 11.8 Å². The van der Waals surface area contributed by atoms with Gasteiger partial charge in [0.25, 0.3) is 0 Å². The molecular weight excluding hydrogens is 202 g/mol. The van der Waals surface area contributed by atoms with Gasteiger partial charge in [0.1, 0.15) is 0 Å². The minimum atomic E-state index is 0.0228. The van der Waals surface area contributed by atoms with Gasteiger partial charge in [-0.1, -0.05) is 31.9 Å². The van der Waals surface area contributed by atoms with Crippen LogP contribution in [0.5, 0.6) is 0 Å². The molecule has 0 aliphatic heterocycles. The van der Waals surface area contributed by atoms with Gasteiger partial charge in [-0.25, -0.2) is 0 Å². The number of hydrogen-bond acceptors (Lipinski definition) is 4. The number of aromatic amines is 1. The highest BCUT2D eigenvalue weighted by atomic mass is 15.5. The van der Waals surface area contributed by atoms with E-state index in [0.29, 0.717) is 12.5 Å². The lowest BCUT2D eigenvalue weighted by Crippen LogP contribution is -2.24. The Morgan fingerprint density at radius 2 is 2.44 bits per heavy atom. The van der Waals surface area contributed by atoms with Crippen LogP contribution in [-0.2, 0) is 5.41 Å². The molecule has 1 aromatic rings. The van der Waals surface area contributed by atoms with E-state index in [0.717, 1.165) is 18.2 Å². The summed E-state index contributed by atoms with van der Waals surface area (Å²) in [6.07, 6.45) is 4.91. The number of rotatable bonds is 6.